The summed E-state index contributed by atoms with van der Waals surface area (Å²) in [5.74, 6) is -2.75. The molecule has 1 aliphatic carbocycles. The fourth-order valence-corrected chi connectivity index (χ4v) is 7.03. The standard InChI is InChI=1S/C29H32F3N3O10/c30-29(31,32)14-41-20(37)8-7-16-4-1-2-5-17(16)13-35-23-26(39)44-19-12-28(23,24(45-35)22-21(19)42-15-43-22)27(40)34-10-3-6-18(34)25(38)33-9-11-36/h1-2,4-5,7-8,18-19,21-24,36H,3,6,9-15H2,(H,33,38)/t18-,19-,21+,22+,23+,24-,28+/m1/s1. The topological polar surface area (TPSA) is 153 Å². The molecule has 16 heteroatoms. The number of fused-ring (bicyclic) bond motifs is 4. The van der Waals surface area contributed by atoms with Gasteiger partial charge in [-0.25, -0.2) is 4.79 Å². The van der Waals surface area contributed by atoms with Crippen LogP contribution in [0.5, 0.6) is 0 Å². The number of benzene rings is 1. The van der Waals surface area contributed by atoms with Crippen LogP contribution >= 0.6 is 0 Å². The molecule has 13 nitrogen and oxygen atoms in total. The zero-order valence-electron chi connectivity index (χ0n) is 23.9. The van der Waals surface area contributed by atoms with Crippen LogP contribution < -0.4 is 5.32 Å². The third-order valence-corrected chi connectivity index (χ3v) is 8.86. The molecule has 0 spiro atoms. The van der Waals surface area contributed by atoms with Crippen molar-refractivity contribution in [2.45, 2.75) is 68.5 Å². The van der Waals surface area contributed by atoms with E-state index in [9.17, 15) is 32.3 Å². The molecule has 0 radical (unpaired) electrons. The minimum Gasteiger partial charge on any atom is -0.458 e. The number of hydrogen-bond acceptors (Lipinski definition) is 11. The molecule has 1 aromatic rings. The van der Waals surface area contributed by atoms with Gasteiger partial charge in [-0.3, -0.25) is 19.2 Å². The highest BCUT2D eigenvalue weighted by molar-refractivity contribution is 5.96. The van der Waals surface area contributed by atoms with Gasteiger partial charge in [0.15, 0.2) is 12.6 Å². The van der Waals surface area contributed by atoms with Gasteiger partial charge >= 0.3 is 18.1 Å². The van der Waals surface area contributed by atoms with Crippen molar-refractivity contribution >= 4 is 29.8 Å². The summed E-state index contributed by atoms with van der Waals surface area (Å²) in [7, 11) is 0. The number of esters is 2. The lowest BCUT2D eigenvalue weighted by Gasteiger charge is -2.50. The largest absolute Gasteiger partial charge is 0.458 e. The SMILES string of the molecule is O=C(C=Cc1ccccc1CN1O[C@@H]2[C@H]3OCO[C@H]3[C@H]3C[C@]2(C(=O)N2CCC[C@@H]2C(=O)NCCO)[C@@H]1C(=O)O3)OCC(F)(F)F. The van der Waals surface area contributed by atoms with E-state index < -0.39 is 78.5 Å². The van der Waals surface area contributed by atoms with Gasteiger partial charge in [-0.05, 0) is 30.0 Å². The van der Waals surface area contributed by atoms with Crippen LogP contribution in [0.2, 0.25) is 0 Å². The summed E-state index contributed by atoms with van der Waals surface area (Å²) in [6.07, 6.45) is -4.65. The third kappa shape index (κ3) is 5.80. The third-order valence-electron chi connectivity index (χ3n) is 8.86. The first-order valence-electron chi connectivity index (χ1n) is 14.6. The van der Waals surface area contributed by atoms with Crippen LogP contribution in [0.15, 0.2) is 30.3 Å². The molecule has 0 aromatic heterocycles. The van der Waals surface area contributed by atoms with Gasteiger partial charge in [0, 0.05) is 25.6 Å². The highest BCUT2D eigenvalue weighted by atomic mass is 19.4. The van der Waals surface area contributed by atoms with Crippen LogP contribution in [-0.2, 0) is 49.5 Å². The summed E-state index contributed by atoms with van der Waals surface area (Å²) in [4.78, 5) is 61.1. The van der Waals surface area contributed by atoms with Crippen molar-refractivity contribution in [3.05, 3.63) is 41.5 Å². The van der Waals surface area contributed by atoms with E-state index in [0.29, 0.717) is 24.0 Å². The van der Waals surface area contributed by atoms with Crippen LogP contribution in [0.3, 0.4) is 0 Å². The lowest BCUT2D eigenvalue weighted by molar-refractivity contribution is -0.204. The highest BCUT2D eigenvalue weighted by Gasteiger charge is 2.75. The molecule has 1 aromatic carbocycles. The van der Waals surface area contributed by atoms with Gasteiger partial charge in [0.1, 0.15) is 42.7 Å². The smallest absolute Gasteiger partial charge is 0.422 e. The number of ether oxygens (including phenoxy) is 4. The van der Waals surface area contributed by atoms with Crippen molar-refractivity contribution in [1.29, 1.82) is 0 Å². The Morgan fingerprint density at radius 2 is 1.96 bits per heavy atom. The predicted octanol–water partition coefficient (Wildman–Crippen LogP) is 0.446. The normalized spacial score (nSPS) is 32.4. The molecular weight excluding hydrogens is 607 g/mol. The quantitative estimate of drug-likeness (QED) is 0.286. The average molecular weight is 640 g/mol. The highest BCUT2D eigenvalue weighted by Crippen LogP contribution is 2.56. The van der Waals surface area contributed by atoms with E-state index in [0.717, 1.165) is 6.08 Å². The number of likely N-dealkylation sites (tertiary alicyclic amines) is 1. The predicted molar refractivity (Wildman–Crippen MR) is 143 cm³/mol. The minimum atomic E-state index is -4.67. The van der Waals surface area contributed by atoms with Crippen molar-refractivity contribution in [1.82, 2.24) is 15.3 Å². The number of nitrogens with zero attached hydrogens (tertiary/aromatic N) is 2. The van der Waals surface area contributed by atoms with E-state index in [1.165, 1.54) is 16.0 Å². The van der Waals surface area contributed by atoms with Gasteiger partial charge in [0.05, 0.1) is 13.2 Å². The molecule has 2 bridgehead atoms. The van der Waals surface area contributed by atoms with Gasteiger partial charge < -0.3 is 34.3 Å². The van der Waals surface area contributed by atoms with Crippen LogP contribution in [0.4, 0.5) is 13.2 Å². The number of carbonyl (C=O) groups excluding carboxylic acids is 4. The number of halogens is 3. The van der Waals surface area contributed by atoms with Crippen molar-refractivity contribution in [2.75, 3.05) is 33.1 Å². The zero-order valence-corrected chi connectivity index (χ0v) is 23.9. The minimum absolute atomic E-state index is 0.0296. The van der Waals surface area contributed by atoms with Gasteiger partial charge in [0.2, 0.25) is 11.8 Å². The fraction of sp³-hybridized carbons (Fsp3) is 0.586. The first kappa shape index (κ1) is 31.4. The molecule has 45 heavy (non-hydrogen) atoms. The van der Waals surface area contributed by atoms with Gasteiger partial charge in [0.25, 0.3) is 0 Å². The van der Waals surface area contributed by atoms with E-state index in [1.807, 2.05) is 0 Å². The maximum Gasteiger partial charge on any atom is 0.422 e. The summed E-state index contributed by atoms with van der Waals surface area (Å²) >= 11 is 0. The van der Waals surface area contributed by atoms with Crippen LogP contribution in [-0.4, -0.2) is 115 Å². The lowest BCUT2D eigenvalue weighted by Crippen LogP contribution is -2.70. The molecule has 4 saturated heterocycles. The van der Waals surface area contributed by atoms with Crippen molar-refractivity contribution < 1.29 is 61.2 Å². The van der Waals surface area contributed by atoms with E-state index in [4.69, 9.17) is 24.2 Å². The molecule has 7 atom stereocenters. The lowest BCUT2D eigenvalue weighted by atomic mass is 9.62. The Kier molecular flexibility index (Phi) is 8.60. The molecule has 5 fully saturated rings. The van der Waals surface area contributed by atoms with Crippen molar-refractivity contribution in [3.8, 4) is 0 Å². The molecule has 5 aliphatic rings. The Hall–Kier alpha value is -3.57. The first-order valence-corrected chi connectivity index (χ1v) is 14.6. The Morgan fingerprint density at radius 3 is 2.73 bits per heavy atom. The van der Waals surface area contributed by atoms with Crippen molar-refractivity contribution in [2.24, 2.45) is 5.41 Å². The Morgan fingerprint density at radius 1 is 1.18 bits per heavy atom. The van der Waals surface area contributed by atoms with Crippen LogP contribution in [0.25, 0.3) is 6.08 Å². The van der Waals surface area contributed by atoms with E-state index in [1.54, 1.807) is 24.3 Å². The number of rotatable bonds is 9. The van der Waals surface area contributed by atoms with E-state index >= 15 is 0 Å². The number of carbonyl (C=O) groups is 4. The second kappa shape index (κ2) is 12.3. The molecular formula is C29H32F3N3O10. The summed E-state index contributed by atoms with van der Waals surface area (Å²) in [6, 6.07) is 4.61. The number of alkyl halides is 3. The van der Waals surface area contributed by atoms with Crippen molar-refractivity contribution in [3.63, 3.8) is 0 Å². The van der Waals surface area contributed by atoms with Crippen LogP contribution in [0.1, 0.15) is 30.4 Å². The summed E-state index contributed by atoms with van der Waals surface area (Å²) in [5.41, 5.74) is -0.530. The molecule has 1 saturated carbocycles. The summed E-state index contributed by atoms with van der Waals surface area (Å²) < 4.78 is 59.0. The molecule has 6 rings (SSSR count). The van der Waals surface area contributed by atoms with Gasteiger partial charge in [-0.2, -0.15) is 18.2 Å². The maximum absolute atomic E-state index is 14.6. The summed E-state index contributed by atoms with van der Waals surface area (Å²) in [5, 5.41) is 13.1. The van der Waals surface area contributed by atoms with Gasteiger partial charge in [-0.15, -0.1) is 0 Å². The number of aliphatic hydroxyl groups excluding tert-OH is 1. The molecule has 244 valence electrons. The first-order chi connectivity index (χ1) is 21.5. The number of aliphatic hydroxyl groups is 1. The molecule has 2 amide bonds. The number of amides is 2. The van der Waals surface area contributed by atoms with E-state index in [2.05, 4.69) is 10.1 Å². The second-order valence-electron chi connectivity index (χ2n) is 11.5. The number of hydroxylamine groups is 2. The van der Waals surface area contributed by atoms with Crippen LogP contribution in [0, 0.1) is 5.41 Å². The number of hydrogen-bond donors (Lipinski definition) is 2. The number of nitrogens with one attached hydrogen (secondary N) is 1. The zero-order chi connectivity index (χ0) is 31.9. The molecule has 4 heterocycles. The van der Waals surface area contributed by atoms with E-state index in [-0.39, 0.29) is 39.5 Å². The Balaban J connectivity index is 1.30. The molecule has 4 aliphatic heterocycles. The van der Waals surface area contributed by atoms with Gasteiger partial charge in [-0.1, -0.05) is 24.3 Å². The Bertz CT molecular complexity index is 1380. The fourth-order valence-electron chi connectivity index (χ4n) is 7.03. The molecule has 0 unspecified atom stereocenters. The maximum atomic E-state index is 14.6. The Labute approximate surface area is 255 Å². The average Bonchev–Trinajstić information content (AvgIpc) is 3.76. The second-order valence-corrected chi connectivity index (χ2v) is 11.5. The summed E-state index contributed by atoms with van der Waals surface area (Å²) in [6.45, 7) is -1.85. The molecule has 2 N–H and O–H groups in total. The monoisotopic (exact) mass is 639 g/mol.